The van der Waals surface area contributed by atoms with E-state index in [9.17, 15) is 4.79 Å². The number of hydrogen-bond acceptors (Lipinski definition) is 2. The van der Waals surface area contributed by atoms with E-state index in [2.05, 4.69) is 36.4 Å². The van der Waals surface area contributed by atoms with Gasteiger partial charge in [0.25, 0.3) is 0 Å². The van der Waals surface area contributed by atoms with E-state index in [1.165, 1.54) is 16.7 Å². The Hall–Kier alpha value is -2.29. The molecule has 19 heavy (non-hydrogen) atoms. The van der Waals surface area contributed by atoms with Gasteiger partial charge in [-0.1, -0.05) is 54.6 Å². The molecule has 2 aromatic carbocycles. The lowest BCUT2D eigenvalue weighted by molar-refractivity contribution is 0.155. The number of amides is 1. The van der Waals surface area contributed by atoms with Crippen LogP contribution in [-0.2, 0) is 11.2 Å². The third-order valence-corrected chi connectivity index (χ3v) is 2.92. The van der Waals surface area contributed by atoms with Gasteiger partial charge in [-0.25, -0.2) is 4.79 Å². The molecule has 1 amide bonds. The van der Waals surface area contributed by atoms with Crippen molar-refractivity contribution in [1.29, 1.82) is 0 Å². The zero-order valence-corrected chi connectivity index (χ0v) is 10.7. The van der Waals surface area contributed by atoms with Gasteiger partial charge in [-0.3, -0.25) is 0 Å². The second-order valence-corrected chi connectivity index (χ2v) is 4.33. The maximum Gasteiger partial charge on any atom is 0.404 e. The first-order valence-corrected chi connectivity index (χ1v) is 6.32. The highest BCUT2D eigenvalue weighted by molar-refractivity contribution is 5.64. The SMILES string of the molecule is NC(=O)OCCCc1ccc(-c2ccccc2)cc1. The lowest BCUT2D eigenvalue weighted by Gasteiger charge is -2.05. The van der Waals surface area contributed by atoms with Gasteiger partial charge >= 0.3 is 6.09 Å². The molecule has 0 radical (unpaired) electrons. The minimum atomic E-state index is -0.709. The quantitative estimate of drug-likeness (QED) is 0.833. The normalized spacial score (nSPS) is 10.1. The van der Waals surface area contributed by atoms with Crippen molar-refractivity contribution in [3.8, 4) is 11.1 Å². The van der Waals surface area contributed by atoms with E-state index in [0.29, 0.717) is 6.61 Å². The summed E-state index contributed by atoms with van der Waals surface area (Å²) in [7, 11) is 0. The number of primary amides is 1. The third-order valence-electron chi connectivity index (χ3n) is 2.92. The molecule has 0 heterocycles. The van der Waals surface area contributed by atoms with Crippen LogP contribution in [0.15, 0.2) is 54.6 Å². The highest BCUT2D eigenvalue weighted by atomic mass is 16.5. The van der Waals surface area contributed by atoms with E-state index in [0.717, 1.165) is 12.8 Å². The van der Waals surface area contributed by atoms with Crippen molar-refractivity contribution < 1.29 is 9.53 Å². The van der Waals surface area contributed by atoms with Crippen molar-refractivity contribution in [3.63, 3.8) is 0 Å². The van der Waals surface area contributed by atoms with Gasteiger partial charge in [-0.2, -0.15) is 0 Å². The molecule has 0 saturated carbocycles. The van der Waals surface area contributed by atoms with Crippen LogP contribution in [0, 0.1) is 0 Å². The summed E-state index contributed by atoms with van der Waals surface area (Å²) in [6.45, 7) is 0.371. The smallest absolute Gasteiger partial charge is 0.404 e. The number of carbonyl (C=O) groups excluding carboxylic acids is 1. The molecule has 0 atom stereocenters. The molecule has 2 rings (SSSR count). The van der Waals surface area contributed by atoms with Gasteiger partial charge in [-0.15, -0.1) is 0 Å². The lowest BCUT2D eigenvalue weighted by atomic mass is 10.0. The average molecular weight is 255 g/mol. The average Bonchev–Trinajstić information content (AvgIpc) is 2.45. The molecule has 0 spiro atoms. The number of ether oxygens (including phenoxy) is 1. The minimum absolute atomic E-state index is 0.371. The fraction of sp³-hybridized carbons (Fsp3) is 0.188. The Morgan fingerprint density at radius 3 is 2.21 bits per heavy atom. The van der Waals surface area contributed by atoms with Gasteiger partial charge < -0.3 is 10.5 Å². The molecule has 0 aromatic heterocycles. The molecule has 3 nitrogen and oxygen atoms in total. The molecule has 0 saturated heterocycles. The Morgan fingerprint density at radius 2 is 1.58 bits per heavy atom. The van der Waals surface area contributed by atoms with Crippen LogP contribution in [0.5, 0.6) is 0 Å². The van der Waals surface area contributed by atoms with Crippen LogP contribution in [0.25, 0.3) is 11.1 Å². The van der Waals surface area contributed by atoms with Crippen LogP contribution in [0.4, 0.5) is 4.79 Å². The van der Waals surface area contributed by atoms with Crippen LogP contribution in [0.2, 0.25) is 0 Å². The van der Waals surface area contributed by atoms with E-state index >= 15 is 0 Å². The van der Waals surface area contributed by atoms with Crippen molar-refractivity contribution in [1.82, 2.24) is 0 Å². The Labute approximate surface area is 113 Å². The summed E-state index contributed by atoms with van der Waals surface area (Å²) in [4.78, 5) is 10.4. The zero-order valence-electron chi connectivity index (χ0n) is 10.7. The summed E-state index contributed by atoms with van der Waals surface area (Å²) in [6.07, 6.45) is 0.954. The van der Waals surface area contributed by atoms with E-state index in [4.69, 9.17) is 10.5 Å². The van der Waals surface area contributed by atoms with Crippen molar-refractivity contribution in [3.05, 3.63) is 60.2 Å². The fourth-order valence-corrected chi connectivity index (χ4v) is 1.94. The number of rotatable bonds is 5. The van der Waals surface area contributed by atoms with Crippen molar-refractivity contribution >= 4 is 6.09 Å². The molecular weight excluding hydrogens is 238 g/mol. The van der Waals surface area contributed by atoms with Crippen LogP contribution in [0.3, 0.4) is 0 Å². The van der Waals surface area contributed by atoms with Gasteiger partial charge in [0.05, 0.1) is 6.61 Å². The molecule has 0 aliphatic carbocycles. The Kier molecular flexibility index (Phi) is 4.56. The van der Waals surface area contributed by atoms with Crippen LogP contribution in [0.1, 0.15) is 12.0 Å². The monoisotopic (exact) mass is 255 g/mol. The number of hydrogen-bond donors (Lipinski definition) is 1. The van der Waals surface area contributed by atoms with Crippen molar-refractivity contribution in [2.45, 2.75) is 12.8 Å². The Morgan fingerprint density at radius 1 is 0.947 bits per heavy atom. The summed E-state index contributed by atoms with van der Waals surface area (Å²) in [6, 6.07) is 18.7. The summed E-state index contributed by atoms with van der Waals surface area (Å²) in [5.41, 5.74) is 8.54. The summed E-state index contributed by atoms with van der Waals surface area (Å²) in [5, 5.41) is 0. The van der Waals surface area contributed by atoms with Crippen LogP contribution >= 0.6 is 0 Å². The highest BCUT2D eigenvalue weighted by Gasteiger charge is 1.99. The van der Waals surface area contributed by atoms with E-state index < -0.39 is 6.09 Å². The molecule has 98 valence electrons. The second-order valence-electron chi connectivity index (χ2n) is 4.33. The molecule has 2 aromatic rings. The molecular formula is C16H17NO2. The standard InChI is InChI=1S/C16H17NO2/c17-16(18)19-12-4-5-13-8-10-15(11-9-13)14-6-2-1-3-7-14/h1-3,6-11H,4-5,12H2,(H2,17,18). The minimum Gasteiger partial charge on any atom is -0.450 e. The summed E-state index contributed by atoms with van der Waals surface area (Å²) in [5.74, 6) is 0. The Balaban J connectivity index is 1.90. The first-order chi connectivity index (χ1) is 9.25. The Bertz CT molecular complexity index is 520. The molecule has 3 heteroatoms. The second kappa shape index (κ2) is 6.59. The highest BCUT2D eigenvalue weighted by Crippen LogP contribution is 2.19. The van der Waals surface area contributed by atoms with Crippen molar-refractivity contribution in [2.75, 3.05) is 6.61 Å². The molecule has 0 fully saturated rings. The van der Waals surface area contributed by atoms with Gasteiger partial charge in [0.2, 0.25) is 0 Å². The molecule has 2 N–H and O–H groups in total. The molecule has 0 aliphatic heterocycles. The fourth-order valence-electron chi connectivity index (χ4n) is 1.94. The number of aryl methyl sites for hydroxylation is 1. The molecule has 0 unspecified atom stereocenters. The molecule has 0 bridgehead atoms. The molecule has 0 aliphatic rings. The largest absolute Gasteiger partial charge is 0.450 e. The first kappa shape index (κ1) is 13.1. The third kappa shape index (κ3) is 4.14. The van der Waals surface area contributed by atoms with E-state index in [1.54, 1.807) is 0 Å². The van der Waals surface area contributed by atoms with Crippen LogP contribution < -0.4 is 5.73 Å². The van der Waals surface area contributed by atoms with Gasteiger partial charge in [0.15, 0.2) is 0 Å². The topological polar surface area (TPSA) is 52.3 Å². The van der Waals surface area contributed by atoms with Gasteiger partial charge in [0.1, 0.15) is 0 Å². The van der Waals surface area contributed by atoms with E-state index in [1.807, 2.05) is 18.2 Å². The van der Waals surface area contributed by atoms with E-state index in [-0.39, 0.29) is 0 Å². The maximum atomic E-state index is 10.4. The predicted molar refractivity (Wildman–Crippen MR) is 75.7 cm³/mol. The summed E-state index contributed by atoms with van der Waals surface area (Å²) < 4.78 is 4.70. The van der Waals surface area contributed by atoms with Gasteiger partial charge in [-0.05, 0) is 29.5 Å². The number of benzene rings is 2. The van der Waals surface area contributed by atoms with Crippen molar-refractivity contribution in [2.24, 2.45) is 5.73 Å². The first-order valence-electron chi connectivity index (χ1n) is 6.32. The summed E-state index contributed by atoms with van der Waals surface area (Å²) >= 11 is 0. The number of carbonyl (C=O) groups is 1. The number of nitrogens with two attached hydrogens (primary N) is 1. The zero-order chi connectivity index (χ0) is 13.5. The van der Waals surface area contributed by atoms with Gasteiger partial charge in [0, 0.05) is 0 Å². The maximum absolute atomic E-state index is 10.4. The lowest BCUT2D eigenvalue weighted by Crippen LogP contribution is -2.13. The predicted octanol–water partition coefficient (Wildman–Crippen LogP) is 3.38. The van der Waals surface area contributed by atoms with Crippen LogP contribution in [-0.4, -0.2) is 12.7 Å².